The topological polar surface area (TPSA) is 26.3 Å². The van der Waals surface area contributed by atoms with Gasteiger partial charge in [-0.15, -0.1) is 0 Å². The summed E-state index contributed by atoms with van der Waals surface area (Å²) in [6.07, 6.45) is -3.79. The van der Waals surface area contributed by atoms with Crippen LogP contribution in [0.1, 0.15) is 45.2 Å². The predicted octanol–water partition coefficient (Wildman–Crippen LogP) is 4.53. The number of benzene rings is 1. The van der Waals surface area contributed by atoms with E-state index >= 15 is 0 Å². The lowest BCUT2D eigenvalue weighted by atomic mass is 9.95. The molecule has 1 unspecified atom stereocenters. The molecule has 1 atom stereocenters. The summed E-state index contributed by atoms with van der Waals surface area (Å²) in [7, 11) is 0. The van der Waals surface area contributed by atoms with Crippen molar-refractivity contribution in [3.05, 3.63) is 35.4 Å². The Kier molecular flexibility index (Phi) is 4.84. The lowest BCUT2D eigenvalue weighted by Crippen LogP contribution is -2.29. The van der Waals surface area contributed by atoms with E-state index in [0.29, 0.717) is 12.0 Å². The first kappa shape index (κ1) is 16.5. The normalized spacial score (nSPS) is 13.9. The average molecular weight is 288 g/mol. The van der Waals surface area contributed by atoms with Crippen LogP contribution < -0.4 is 0 Å². The van der Waals surface area contributed by atoms with Crippen LogP contribution in [-0.2, 0) is 21.3 Å². The van der Waals surface area contributed by atoms with Crippen molar-refractivity contribution in [1.82, 2.24) is 0 Å². The summed E-state index contributed by atoms with van der Waals surface area (Å²) < 4.78 is 43.4. The monoisotopic (exact) mass is 288 g/mol. The smallest absolute Gasteiger partial charge is 0.416 e. The number of hydrogen-bond acceptors (Lipinski definition) is 2. The first-order valence-corrected chi connectivity index (χ1v) is 6.48. The number of halogens is 3. The van der Waals surface area contributed by atoms with Crippen LogP contribution in [0.15, 0.2) is 24.3 Å². The van der Waals surface area contributed by atoms with Crippen molar-refractivity contribution in [2.75, 3.05) is 0 Å². The number of ether oxygens (including phenoxy) is 1. The second kappa shape index (κ2) is 5.85. The lowest BCUT2D eigenvalue weighted by Gasteiger charge is -2.27. The van der Waals surface area contributed by atoms with Gasteiger partial charge in [0.2, 0.25) is 0 Å². The Labute approximate surface area is 116 Å². The molecular formula is C15H19F3O2. The van der Waals surface area contributed by atoms with Gasteiger partial charge in [0.15, 0.2) is 0 Å². The average Bonchev–Trinajstić information content (AvgIpc) is 2.36. The maximum atomic E-state index is 12.7. The van der Waals surface area contributed by atoms with E-state index in [1.54, 1.807) is 20.8 Å². The summed E-state index contributed by atoms with van der Waals surface area (Å²) in [6, 6.07) is 4.86. The van der Waals surface area contributed by atoms with E-state index in [9.17, 15) is 18.0 Å². The van der Waals surface area contributed by atoms with Gasteiger partial charge in [0, 0.05) is 0 Å². The molecule has 1 aromatic carbocycles. The summed E-state index contributed by atoms with van der Waals surface area (Å²) in [6.45, 7) is 6.75. The second-order valence-electron chi connectivity index (χ2n) is 5.32. The van der Waals surface area contributed by atoms with Crippen LogP contribution in [0.5, 0.6) is 0 Å². The molecule has 1 aromatic rings. The van der Waals surface area contributed by atoms with E-state index in [1.165, 1.54) is 12.1 Å². The first-order valence-electron chi connectivity index (χ1n) is 6.48. The van der Waals surface area contributed by atoms with Crippen molar-refractivity contribution in [1.29, 1.82) is 0 Å². The first-order chi connectivity index (χ1) is 9.08. The van der Waals surface area contributed by atoms with Crippen LogP contribution >= 0.6 is 0 Å². The zero-order valence-corrected chi connectivity index (χ0v) is 12.0. The molecule has 112 valence electrons. The van der Waals surface area contributed by atoms with Crippen molar-refractivity contribution in [3.8, 4) is 0 Å². The number of esters is 1. The zero-order valence-electron chi connectivity index (χ0n) is 12.0. The molecule has 0 amide bonds. The summed E-state index contributed by atoms with van der Waals surface area (Å²) in [5.74, 6) is -0.685. The van der Waals surface area contributed by atoms with Crippen LogP contribution in [0.2, 0.25) is 0 Å². The highest BCUT2D eigenvalue weighted by Crippen LogP contribution is 2.33. The number of alkyl halides is 3. The van der Waals surface area contributed by atoms with Gasteiger partial charge >= 0.3 is 12.1 Å². The minimum atomic E-state index is -4.41. The van der Waals surface area contributed by atoms with Crippen molar-refractivity contribution in [2.45, 2.75) is 45.9 Å². The van der Waals surface area contributed by atoms with Gasteiger partial charge in [-0.2, -0.15) is 13.2 Å². The highest BCUT2D eigenvalue weighted by Gasteiger charge is 2.33. The van der Waals surface area contributed by atoms with Gasteiger partial charge in [0.25, 0.3) is 0 Å². The van der Waals surface area contributed by atoms with E-state index < -0.39 is 23.3 Å². The lowest BCUT2D eigenvalue weighted by molar-refractivity contribution is -0.162. The molecule has 0 heterocycles. The van der Waals surface area contributed by atoms with Gasteiger partial charge in [-0.25, -0.2) is 0 Å². The molecular weight excluding hydrogens is 269 g/mol. The molecule has 0 aromatic heterocycles. The van der Waals surface area contributed by atoms with Crippen LogP contribution in [0, 0.1) is 5.92 Å². The quantitative estimate of drug-likeness (QED) is 0.761. The summed E-state index contributed by atoms with van der Waals surface area (Å²) in [5.41, 5.74) is -1.52. The molecule has 2 nitrogen and oxygen atoms in total. The fourth-order valence-corrected chi connectivity index (χ4v) is 1.65. The van der Waals surface area contributed by atoms with Gasteiger partial charge in [-0.1, -0.05) is 26.0 Å². The SMILES string of the molecule is CCC(C)C(=O)OC(C)(C)c1cccc(C(F)(F)F)c1. The fourth-order valence-electron chi connectivity index (χ4n) is 1.65. The Balaban J connectivity index is 3.01. The standard InChI is InChI=1S/C15H19F3O2/c1-5-10(2)13(19)20-14(3,4)11-7-6-8-12(9-11)15(16,17)18/h6-10H,5H2,1-4H3. The molecule has 0 bridgehead atoms. The Hall–Kier alpha value is -1.52. The van der Waals surface area contributed by atoms with Crippen molar-refractivity contribution in [3.63, 3.8) is 0 Å². The maximum absolute atomic E-state index is 12.7. The van der Waals surface area contributed by atoms with Gasteiger partial charge in [0.05, 0.1) is 11.5 Å². The molecule has 0 aliphatic carbocycles. The second-order valence-corrected chi connectivity index (χ2v) is 5.32. The molecule has 20 heavy (non-hydrogen) atoms. The van der Waals surface area contributed by atoms with Crippen LogP contribution in [0.3, 0.4) is 0 Å². The molecule has 0 N–H and O–H groups in total. The van der Waals surface area contributed by atoms with Crippen LogP contribution in [0.4, 0.5) is 13.2 Å². The summed E-state index contributed by atoms with van der Waals surface area (Å²) in [5, 5.41) is 0. The molecule has 0 radical (unpaired) electrons. The molecule has 0 aliphatic heterocycles. The Morgan fingerprint density at radius 1 is 1.25 bits per heavy atom. The molecule has 1 rings (SSSR count). The third-order valence-electron chi connectivity index (χ3n) is 3.26. The minimum Gasteiger partial charge on any atom is -0.455 e. The molecule has 0 spiro atoms. The van der Waals surface area contributed by atoms with Crippen molar-refractivity contribution in [2.24, 2.45) is 5.92 Å². The molecule has 0 saturated heterocycles. The highest BCUT2D eigenvalue weighted by molar-refractivity contribution is 5.72. The van der Waals surface area contributed by atoms with Gasteiger partial charge in [0.1, 0.15) is 5.60 Å². The van der Waals surface area contributed by atoms with Gasteiger partial charge in [-0.3, -0.25) is 4.79 Å². The largest absolute Gasteiger partial charge is 0.455 e. The highest BCUT2D eigenvalue weighted by atomic mass is 19.4. The fraction of sp³-hybridized carbons (Fsp3) is 0.533. The van der Waals surface area contributed by atoms with Crippen molar-refractivity contribution < 1.29 is 22.7 Å². The van der Waals surface area contributed by atoms with Crippen LogP contribution in [0.25, 0.3) is 0 Å². The number of carbonyl (C=O) groups excluding carboxylic acids is 1. The van der Waals surface area contributed by atoms with E-state index in [2.05, 4.69) is 0 Å². The van der Waals surface area contributed by atoms with Crippen LogP contribution in [-0.4, -0.2) is 5.97 Å². The summed E-state index contributed by atoms with van der Waals surface area (Å²) >= 11 is 0. The maximum Gasteiger partial charge on any atom is 0.416 e. The minimum absolute atomic E-state index is 0.278. The van der Waals surface area contributed by atoms with E-state index in [-0.39, 0.29) is 5.92 Å². The molecule has 0 aliphatic rings. The zero-order chi connectivity index (χ0) is 15.6. The molecule has 5 heteroatoms. The van der Waals surface area contributed by atoms with E-state index in [0.717, 1.165) is 12.1 Å². The number of rotatable bonds is 4. The Morgan fingerprint density at radius 2 is 1.80 bits per heavy atom. The third-order valence-corrected chi connectivity index (χ3v) is 3.26. The van der Waals surface area contributed by atoms with E-state index in [1.807, 2.05) is 6.92 Å². The van der Waals surface area contributed by atoms with Crippen molar-refractivity contribution >= 4 is 5.97 Å². The summed E-state index contributed by atoms with van der Waals surface area (Å²) in [4.78, 5) is 11.8. The van der Waals surface area contributed by atoms with E-state index in [4.69, 9.17) is 4.74 Å². The van der Waals surface area contributed by atoms with Gasteiger partial charge < -0.3 is 4.74 Å². The number of carbonyl (C=O) groups is 1. The predicted molar refractivity (Wildman–Crippen MR) is 70.0 cm³/mol. The number of hydrogen-bond donors (Lipinski definition) is 0. The van der Waals surface area contributed by atoms with Gasteiger partial charge in [-0.05, 0) is 38.0 Å². The molecule has 0 fully saturated rings. The molecule has 0 saturated carbocycles. The Bertz CT molecular complexity index is 478. The Morgan fingerprint density at radius 3 is 2.30 bits per heavy atom. The third kappa shape index (κ3) is 3.99.